The lowest BCUT2D eigenvalue weighted by Crippen LogP contribution is -2.49. The summed E-state index contributed by atoms with van der Waals surface area (Å²) in [6.07, 6.45) is 3.66. The van der Waals surface area contributed by atoms with Gasteiger partial charge in [-0.3, -0.25) is 4.79 Å². The van der Waals surface area contributed by atoms with Crippen molar-refractivity contribution < 1.29 is 4.79 Å². The molecule has 5 rings (SSSR count). The molecule has 1 fully saturated rings. The van der Waals surface area contributed by atoms with E-state index < -0.39 is 0 Å². The van der Waals surface area contributed by atoms with Crippen molar-refractivity contribution in [1.82, 2.24) is 24.5 Å². The zero-order valence-corrected chi connectivity index (χ0v) is 18.9. The standard InChI is InChI=1S/C26H28N6O/c1-20-23(18-22-10-6-3-7-11-22)25(32-26(29-20)27-19-28-32)31-16-14-30(15-17-31)24(33)13-12-21-8-4-2-5-9-21/h2-11,19H,12-18H2,1H3. The van der Waals surface area contributed by atoms with Crippen molar-refractivity contribution in [3.05, 3.63) is 89.4 Å². The van der Waals surface area contributed by atoms with Gasteiger partial charge in [0.1, 0.15) is 12.1 Å². The largest absolute Gasteiger partial charge is 0.353 e. The molecule has 1 saturated heterocycles. The predicted octanol–water partition coefficient (Wildman–Crippen LogP) is 3.30. The second-order valence-corrected chi connectivity index (χ2v) is 8.49. The molecule has 0 N–H and O–H groups in total. The molecule has 1 amide bonds. The Balaban J connectivity index is 1.33. The van der Waals surface area contributed by atoms with Crippen molar-refractivity contribution in [3.8, 4) is 0 Å². The van der Waals surface area contributed by atoms with Crippen molar-refractivity contribution >= 4 is 17.5 Å². The number of hydrogen-bond acceptors (Lipinski definition) is 5. The van der Waals surface area contributed by atoms with Gasteiger partial charge < -0.3 is 9.80 Å². The number of aryl methyl sites for hydroxylation is 2. The molecule has 0 aliphatic carbocycles. The van der Waals surface area contributed by atoms with Crippen molar-refractivity contribution in [2.24, 2.45) is 0 Å². The zero-order chi connectivity index (χ0) is 22.6. The molecule has 2 aromatic carbocycles. The summed E-state index contributed by atoms with van der Waals surface area (Å²) in [5.74, 6) is 1.87. The number of hydrogen-bond donors (Lipinski definition) is 0. The lowest BCUT2D eigenvalue weighted by Gasteiger charge is -2.37. The average molecular weight is 441 g/mol. The maximum Gasteiger partial charge on any atom is 0.254 e. The van der Waals surface area contributed by atoms with Gasteiger partial charge in [0.15, 0.2) is 0 Å². The summed E-state index contributed by atoms with van der Waals surface area (Å²) in [5, 5.41) is 4.48. The third-order valence-corrected chi connectivity index (χ3v) is 6.33. The quantitative estimate of drug-likeness (QED) is 0.460. The molecule has 3 heterocycles. The van der Waals surface area contributed by atoms with Gasteiger partial charge in [-0.05, 0) is 24.5 Å². The van der Waals surface area contributed by atoms with Crippen LogP contribution in [0.15, 0.2) is 67.0 Å². The fourth-order valence-corrected chi connectivity index (χ4v) is 4.52. The number of aromatic nitrogens is 4. The highest BCUT2D eigenvalue weighted by molar-refractivity contribution is 5.77. The Kier molecular flexibility index (Phi) is 6.02. The highest BCUT2D eigenvalue weighted by Crippen LogP contribution is 2.27. The molecule has 0 saturated carbocycles. The minimum atomic E-state index is 0.222. The van der Waals surface area contributed by atoms with Crippen LogP contribution in [0.3, 0.4) is 0 Å². The van der Waals surface area contributed by atoms with Gasteiger partial charge in [0.05, 0.1) is 0 Å². The van der Waals surface area contributed by atoms with Crippen LogP contribution < -0.4 is 4.90 Å². The summed E-state index contributed by atoms with van der Waals surface area (Å²) in [4.78, 5) is 26.1. The summed E-state index contributed by atoms with van der Waals surface area (Å²) >= 11 is 0. The van der Waals surface area contributed by atoms with Gasteiger partial charge in [-0.15, -0.1) is 0 Å². The number of anilines is 1. The van der Waals surface area contributed by atoms with E-state index >= 15 is 0 Å². The molecule has 7 heteroatoms. The highest BCUT2D eigenvalue weighted by atomic mass is 16.2. The number of rotatable bonds is 6. The normalized spacial score (nSPS) is 14.1. The van der Waals surface area contributed by atoms with E-state index in [9.17, 15) is 4.79 Å². The van der Waals surface area contributed by atoms with Gasteiger partial charge in [-0.1, -0.05) is 60.7 Å². The Morgan fingerprint density at radius 2 is 1.58 bits per heavy atom. The van der Waals surface area contributed by atoms with Crippen LogP contribution in [0.1, 0.15) is 28.8 Å². The van der Waals surface area contributed by atoms with E-state index in [2.05, 4.69) is 56.4 Å². The lowest BCUT2D eigenvalue weighted by atomic mass is 10.0. The first-order valence-electron chi connectivity index (χ1n) is 11.5. The Bertz CT molecular complexity index is 1230. The highest BCUT2D eigenvalue weighted by Gasteiger charge is 2.26. The number of amides is 1. The summed E-state index contributed by atoms with van der Waals surface area (Å²) in [6.45, 7) is 4.97. The van der Waals surface area contributed by atoms with Gasteiger partial charge in [0.25, 0.3) is 5.78 Å². The van der Waals surface area contributed by atoms with Crippen LogP contribution in [0.2, 0.25) is 0 Å². The molecule has 33 heavy (non-hydrogen) atoms. The van der Waals surface area contributed by atoms with E-state index in [0.29, 0.717) is 25.3 Å². The van der Waals surface area contributed by atoms with Crippen molar-refractivity contribution in [1.29, 1.82) is 0 Å². The van der Waals surface area contributed by atoms with E-state index in [1.54, 1.807) is 6.33 Å². The van der Waals surface area contributed by atoms with E-state index in [-0.39, 0.29) is 5.91 Å². The average Bonchev–Trinajstić information content (AvgIpc) is 3.32. The summed E-state index contributed by atoms with van der Waals surface area (Å²) in [5.41, 5.74) is 4.56. The maximum absolute atomic E-state index is 12.8. The molecule has 0 spiro atoms. The van der Waals surface area contributed by atoms with Crippen LogP contribution in [0.25, 0.3) is 5.78 Å². The fraction of sp³-hybridized carbons (Fsp3) is 0.308. The number of nitrogens with zero attached hydrogens (tertiary/aromatic N) is 6. The first kappa shape index (κ1) is 21.1. The number of piperazine rings is 1. The second-order valence-electron chi connectivity index (χ2n) is 8.49. The Morgan fingerprint density at radius 3 is 2.27 bits per heavy atom. The van der Waals surface area contributed by atoms with Gasteiger partial charge in [-0.2, -0.15) is 14.6 Å². The monoisotopic (exact) mass is 440 g/mol. The Hall–Kier alpha value is -3.74. The van der Waals surface area contributed by atoms with E-state index in [1.807, 2.05) is 40.6 Å². The maximum atomic E-state index is 12.8. The Morgan fingerprint density at radius 1 is 0.909 bits per heavy atom. The number of carbonyl (C=O) groups excluding carboxylic acids is 1. The van der Waals surface area contributed by atoms with Crippen LogP contribution in [0.5, 0.6) is 0 Å². The third kappa shape index (κ3) is 4.58. The molecule has 0 atom stereocenters. The molecule has 7 nitrogen and oxygen atoms in total. The molecule has 0 radical (unpaired) electrons. The first-order chi connectivity index (χ1) is 16.2. The van der Waals surface area contributed by atoms with Gasteiger partial charge in [0, 0.05) is 50.3 Å². The van der Waals surface area contributed by atoms with Gasteiger partial charge in [0.2, 0.25) is 5.91 Å². The summed E-state index contributed by atoms with van der Waals surface area (Å²) in [7, 11) is 0. The fourth-order valence-electron chi connectivity index (χ4n) is 4.52. The van der Waals surface area contributed by atoms with Gasteiger partial charge >= 0.3 is 0 Å². The minimum Gasteiger partial charge on any atom is -0.353 e. The third-order valence-electron chi connectivity index (χ3n) is 6.33. The molecule has 1 aliphatic heterocycles. The Labute approximate surface area is 193 Å². The molecule has 0 bridgehead atoms. The topological polar surface area (TPSA) is 66.6 Å². The smallest absolute Gasteiger partial charge is 0.254 e. The molecule has 1 aliphatic rings. The number of benzene rings is 2. The number of fused-ring (bicyclic) bond motifs is 1. The van der Waals surface area contributed by atoms with Crippen LogP contribution in [0.4, 0.5) is 5.82 Å². The van der Waals surface area contributed by atoms with E-state index in [0.717, 1.165) is 43.0 Å². The zero-order valence-electron chi connectivity index (χ0n) is 18.9. The van der Waals surface area contributed by atoms with Crippen molar-refractivity contribution in [2.45, 2.75) is 26.2 Å². The SMILES string of the molecule is Cc1nc2ncnn2c(N2CCN(C(=O)CCc3ccccc3)CC2)c1Cc1ccccc1. The summed E-state index contributed by atoms with van der Waals surface area (Å²) in [6, 6.07) is 20.6. The molecule has 4 aromatic rings. The molecule has 168 valence electrons. The van der Waals surface area contributed by atoms with Crippen LogP contribution in [-0.4, -0.2) is 56.6 Å². The lowest BCUT2D eigenvalue weighted by molar-refractivity contribution is -0.131. The van der Waals surface area contributed by atoms with Crippen molar-refractivity contribution in [3.63, 3.8) is 0 Å². The molecular formula is C26H28N6O. The van der Waals surface area contributed by atoms with E-state index in [4.69, 9.17) is 0 Å². The second kappa shape index (κ2) is 9.40. The molecule has 0 unspecified atom stereocenters. The van der Waals surface area contributed by atoms with E-state index in [1.165, 1.54) is 11.1 Å². The van der Waals surface area contributed by atoms with Gasteiger partial charge in [-0.25, -0.2) is 4.98 Å². The van der Waals surface area contributed by atoms with Crippen LogP contribution in [0, 0.1) is 6.92 Å². The minimum absolute atomic E-state index is 0.222. The van der Waals surface area contributed by atoms with Crippen LogP contribution >= 0.6 is 0 Å². The summed E-state index contributed by atoms with van der Waals surface area (Å²) < 4.78 is 1.85. The van der Waals surface area contributed by atoms with Crippen molar-refractivity contribution in [2.75, 3.05) is 31.1 Å². The van der Waals surface area contributed by atoms with Crippen LogP contribution in [-0.2, 0) is 17.6 Å². The molecular weight excluding hydrogens is 412 g/mol. The first-order valence-corrected chi connectivity index (χ1v) is 11.5. The molecule has 2 aromatic heterocycles. The predicted molar refractivity (Wildman–Crippen MR) is 128 cm³/mol. The number of carbonyl (C=O) groups is 1.